The number of hydrogen-bond donors (Lipinski definition) is 1. The number of fused-ring (bicyclic) bond motifs is 1. The molecule has 20 heavy (non-hydrogen) atoms. The van der Waals surface area contributed by atoms with Gasteiger partial charge in [-0.05, 0) is 37.8 Å². The van der Waals surface area contributed by atoms with Crippen LogP contribution < -0.4 is 5.32 Å². The SMILES string of the molecule is C[C@@H](NCc1cn2ccccc2n1)C1CCCCCC1. The van der Waals surface area contributed by atoms with Crippen molar-refractivity contribution in [2.24, 2.45) is 5.92 Å². The van der Waals surface area contributed by atoms with Gasteiger partial charge in [-0.1, -0.05) is 31.7 Å². The molecule has 1 aliphatic rings. The van der Waals surface area contributed by atoms with Crippen molar-refractivity contribution in [3.05, 3.63) is 36.3 Å². The lowest BCUT2D eigenvalue weighted by Gasteiger charge is -2.23. The summed E-state index contributed by atoms with van der Waals surface area (Å²) in [5.41, 5.74) is 2.17. The van der Waals surface area contributed by atoms with Crippen LogP contribution in [0.3, 0.4) is 0 Å². The van der Waals surface area contributed by atoms with E-state index < -0.39 is 0 Å². The maximum Gasteiger partial charge on any atom is 0.137 e. The van der Waals surface area contributed by atoms with Crippen LogP contribution in [0.1, 0.15) is 51.1 Å². The summed E-state index contributed by atoms with van der Waals surface area (Å²) in [7, 11) is 0. The zero-order valence-electron chi connectivity index (χ0n) is 12.4. The zero-order chi connectivity index (χ0) is 13.8. The van der Waals surface area contributed by atoms with Crippen molar-refractivity contribution in [1.82, 2.24) is 14.7 Å². The summed E-state index contributed by atoms with van der Waals surface area (Å²) < 4.78 is 2.09. The molecule has 3 heteroatoms. The van der Waals surface area contributed by atoms with Gasteiger partial charge in [-0.3, -0.25) is 0 Å². The highest BCUT2D eigenvalue weighted by Crippen LogP contribution is 2.25. The van der Waals surface area contributed by atoms with Gasteiger partial charge in [0.2, 0.25) is 0 Å². The van der Waals surface area contributed by atoms with Crippen LogP contribution in [0.25, 0.3) is 5.65 Å². The number of nitrogens with zero attached hydrogens (tertiary/aromatic N) is 2. The fourth-order valence-electron chi connectivity index (χ4n) is 3.32. The van der Waals surface area contributed by atoms with Gasteiger partial charge in [0.25, 0.3) is 0 Å². The summed E-state index contributed by atoms with van der Waals surface area (Å²) in [5, 5.41) is 3.68. The second-order valence-corrected chi connectivity index (χ2v) is 6.12. The Labute approximate surface area is 121 Å². The summed E-state index contributed by atoms with van der Waals surface area (Å²) in [6.45, 7) is 3.21. The number of imidazole rings is 1. The Kier molecular flexibility index (Phi) is 4.36. The first-order valence-electron chi connectivity index (χ1n) is 7.99. The van der Waals surface area contributed by atoms with E-state index in [-0.39, 0.29) is 0 Å². The molecule has 3 nitrogen and oxygen atoms in total. The summed E-state index contributed by atoms with van der Waals surface area (Å²) in [5.74, 6) is 0.842. The molecule has 0 spiro atoms. The summed E-state index contributed by atoms with van der Waals surface area (Å²) in [6, 6.07) is 6.73. The van der Waals surface area contributed by atoms with Crippen molar-refractivity contribution < 1.29 is 0 Å². The highest BCUT2D eigenvalue weighted by Gasteiger charge is 2.18. The van der Waals surface area contributed by atoms with E-state index in [0.717, 1.165) is 23.8 Å². The molecule has 2 heterocycles. The third kappa shape index (κ3) is 3.21. The third-order valence-corrected chi connectivity index (χ3v) is 4.63. The Bertz CT molecular complexity index is 505. The van der Waals surface area contributed by atoms with Gasteiger partial charge in [0.1, 0.15) is 5.65 Å². The topological polar surface area (TPSA) is 29.3 Å². The molecule has 0 saturated heterocycles. The van der Waals surface area contributed by atoms with Gasteiger partial charge >= 0.3 is 0 Å². The Hall–Kier alpha value is -1.35. The molecule has 0 unspecified atom stereocenters. The van der Waals surface area contributed by atoms with Crippen LogP contribution in [-0.2, 0) is 6.54 Å². The monoisotopic (exact) mass is 271 g/mol. The number of pyridine rings is 1. The van der Waals surface area contributed by atoms with Crippen LogP contribution in [-0.4, -0.2) is 15.4 Å². The summed E-state index contributed by atoms with van der Waals surface area (Å²) >= 11 is 0. The van der Waals surface area contributed by atoms with E-state index in [9.17, 15) is 0 Å². The van der Waals surface area contributed by atoms with Gasteiger partial charge in [-0.2, -0.15) is 0 Å². The predicted molar refractivity (Wildman–Crippen MR) is 82.7 cm³/mol. The first-order chi connectivity index (χ1) is 9.83. The number of nitrogens with one attached hydrogen (secondary N) is 1. The number of aromatic nitrogens is 2. The van der Waals surface area contributed by atoms with Crippen molar-refractivity contribution in [2.75, 3.05) is 0 Å². The standard InChI is InChI=1S/C17H25N3/c1-14(15-8-4-2-3-5-9-15)18-12-16-13-20-11-7-6-10-17(20)19-16/h6-7,10-11,13-15,18H,2-5,8-9,12H2,1H3/t14-/m1/s1. The molecular weight excluding hydrogens is 246 g/mol. The minimum Gasteiger partial charge on any atom is -0.308 e. The Morgan fingerprint density at radius 1 is 1.25 bits per heavy atom. The molecule has 0 bridgehead atoms. The molecule has 1 fully saturated rings. The molecule has 1 N–H and O–H groups in total. The second kappa shape index (κ2) is 6.40. The Balaban J connectivity index is 1.57. The molecule has 0 radical (unpaired) electrons. The van der Waals surface area contributed by atoms with Crippen LogP contribution in [0.15, 0.2) is 30.6 Å². The molecule has 1 aliphatic carbocycles. The van der Waals surface area contributed by atoms with E-state index in [0.29, 0.717) is 6.04 Å². The fraction of sp³-hybridized carbons (Fsp3) is 0.588. The van der Waals surface area contributed by atoms with Gasteiger partial charge < -0.3 is 9.72 Å². The Morgan fingerprint density at radius 2 is 2.05 bits per heavy atom. The molecule has 1 atom stereocenters. The lowest BCUT2D eigenvalue weighted by Crippen LogP contribution is -2.33. The summed E-state index contributed by atoms with van der Waals surface area (Å²) in [6.07, 6.45) is 12.6. The van der Waals surface area contributed by atoms with Gasteiger partial charge in [0, 0.05) is 25.0 Å². The van der Waals surface area contributed by atoms with E-state index >= 15 is 0 Å². The molecule has 0 aromatic carbocycles. The average molecular weight is 271 g/mol. The molecule has 3 rings (SSSR count). The highest BCUT2D eigenvalue weighted by molar-refractivity contribution is 5.39. The van der Waals surface area contributed by atoms with E-state index in [1.165, 1.54) is 38.5 Å². The number of hydrogen-bond acceptors (Lipinski definition) is 2. The molecule has 1 saturated carbocycles. The van der Waals surface area contributed by atoms with Crippen molar-refractivity contribution >= 4 is 5.65 Å². The van der Waals surface area contributed by atoms with E-state index in [2.05, 4.69) is 40.1 Å². The van der Waals surface area contributed by atoms with Gasteiger partial charge in [0.15, 0.2) is 0 Å². The third-order valence-electron chi connectivity index (χ3n) is 4.63. The second-order valence-electron chi connectivity index (χ2n) is 6.12. The fourth-order valence-corrected chi connectivity index (χ4v) is 3.32. The van der Waals surface area contributed by atoms with Gasteiger partial charge in [-0.15, -0.1) is 0 Å². The normalized spacial score (nSPS) is 19.1. The smallest absolute Gasteiger partial charge is 0.137 e. The van der Waals surface area contributed by atoms with Crippen LogP contribution in [0.4, 0.5) is 0 Å². The lowest BCUT2D eigenvalue weighted by molar-refractivity contribution is 0.336. The van der Waals surface area contributed by atoms with Crippen molar-refractivity contribution in [3.63, 3.8) is 0 Å². The largest absolute Gasteiger partial charge is 0.308 e. The molecule has 2 aromatic heterocycles. The molecular formula is C17H25N3. The van der Waals surface area contributed by atoms with E-state index in [1.54, 1.807) is 0 Å². The highest BCUT2D eigenvalue weighted by atomic mass is 15.0. The average Bonchev–Trinajstić information content (AvgIpc) is 2.69. The molecule has 0 aliphatic heterocycles. The quantitative estimate of drug-likeness (QED) is 0.857. The van der Waals surface area contributed by atoms with Crippen LogP contribution in [0.2, 0.25) is 0 Å². The predicted octanol–water partition coefficient (Wildman–Crippen LogP) is 3.78. The minimum atomic E-state index is 0.595. The molecule has 108 valence electrons. The maximum absolute atomic E-state index is 4.65. The van der Waals surface area contributed by atoms with Crippen molar-refractivity contribution in [1.29, 1.82) is 0 Å². The van der Waals surface area contributed by atoms with Crippen LogP contribution in [0, 0.1) is 5.92 Å². The minimum absolute atomic E-state index is 0.595. The van der Waals surface area contributed by atoms with Crippen molar-refractivity contribution in [3.8, 4) is 0 Å². The first-order valence-corrected chi connectivity index (χ1v) is 7.99. The Morgan fingerprint density at radius 3 is 2.80 bits per heavy atom. The first kappa shape index (κ1) is 13.6. The zero-order valence-corrected chi connectivity index (χ0v) is 12.4. The number of rotatable bonds is 4. The van der Waals surface area contributed by atoms with Crippen molar-refractivity contribution in [2.45, 2.75) is 58.0 Å². The van der Waals surface area contributed by atoms with Gasteiger partial charge in [-0.25, -0.2) is 4.98 Å². The maximum atomic E-state index is 4.65. The molecule has 2 aromatic rings. The lowest BCUT2D eigenvalue weighted by atomic mass is 9.93. The van der Waals surface area contributed by atoms with Crippen LogP contribution >= 0.6 is 0 Å². The van der Waals surface area contributed by atoms with Gasteiger partial charge in [0.05, 0.1) is 5.69 Å². The van der Waals surface area contributed by atoms with Crippen LogP contribution in [0.5, 0.6) is 0 Å². The van der Waals surface area contributed by atoms with E-state index in [1.807, 2.05) is 12.1 Å². The summed E-state index contributed by atoms with van der Waals surface area (Å²) in [4.78, 5) is 4.65. The van der Waals surface area contributed by atoms with E-state index in [4.69, 9.17) is 0 Å². The molecule has 0 amide bonds.